The van der Waals surface area contributed by atoms with Crippen LogP contribution in [0.3, 0.4) is 0 Å². The van der Waals surface area contributed by atoms with Crippen molar-refractivity contribution in [2.45, 2.75) is 6.10 Å². The lowest BCUT2D eigenvalue weighted by atomic mass is 10.2. The average molecular weight is 324 g/mol. The van der Waals surface area contributed by atoms with E-state index in [0.29, 0.717) is 11.8 Å². The Kier molecular flexibility index (Phi) is 5.42. The molecule has 8 heteroatoms. The largest absolute Gasteiger partial charge is 0.467 e. The van der Waals surface area contributed by atoms with Gasteiger partial charge in [-0.25, -0.2) is 8.78 Å². The summed E-state index contributed by atoms with van der Waals surface area (Å²) in [5.41, 5.74) is -0.291. The topological polar surface area (TPSA) is 80.6 Å². The predicted molar refractivity (Wildman–Crippen MR) is 76.5 cm³/mol. The summed E-state index contributed by atoms with van der Waals surface area (Å²) in [6, 6.07) is 5.91. The maximum absolute atomic E-state index is 13.4. The molecule has 2 aromatic rings. The number of ether oxygens (including phenoxy) is 1. The minimum Gasteiger partial charge on any atom is -0.467 e. The minimum atomic E-state index is -1.08. The number of amides is 2. The van der Waals surface area contributed by atoms with Gasteiger partial charge in [-0.15, -0.1) is 0 Å². The Morgan fingerprint density at radius 3 is 2.65 bits per heavy atom. The molecule has 23 heavy (non-hydrogen) atoms. The van der Waals surface area contributed by atoms with E-state index in [-0.39, 0.29) is 12.2 Å². The summed E-state index contributed by atoms with van der Waals surface area (Å²) < 4.78 is 36.5. The third-order valence-corrected chi connectivity index (χ3v) is 2.98. The molecule has 2 amide bonds. The van der Waals surface area contributed by atoms with Gasteiger partial charge in [0.25, 0.3) is 0 Å². The zero-order chi connectivity index (χ0) is 16.8. The number of carbonyl (C=O) groups excluding carboxylic acids is 2. The summed E-state index contributed by atoms with van der Waals surface area (Å²) in [5, 5.41) is 4.40. The van der Waals surface area contributed by atoms with E-state index < -0.39 is 29.6 Å². The number of nitrogens with one attached hydrogen (secondary N) is 2. The molecule has 1 unspecified atom stereocenters. The molecule has 122 valence electrons. The van der Waals surface area contributed by atoms with Crippen LogP contribution in [-0.4, -0.2) is 25.5 Å². The quantitative estimate of drug-likeness (QED) is 0.825. The molecule has 0 aliphatic heterocycles. The maximum Gasteiger partial charge on any atom is 0.313 e. The summed E-state index contributed by atoms with van der Waals surface area (Å²) in [7, 11) is 1.42. The van der Waals surface area contributed by atoms with Crippen molar-refractivity contribution < 1.29 is 27.5 Å². The molecule has 0 aliphatic carbocycles. The number of rotatable bonds is 5. The molecule has 0 fully saturated rings. The molecule has 2 rings (SSSR count). The van der Waals surface area contributed by atoms with Gasteiger partial charge in [-0.3, -0.25) is 9.59 Å². The SMILES string of the molecule is COC(CNC(=O)C(=O)Nc1ccc(F)cc1F)c1ccco1. The normalized spacial score (nSPS) is 11.8. The highest BCUT2D eigenvalue weighted by Gasteiger charge is 2.19. The molecule has 0 saturated carbocycles. The third-order valence-electron chi connectivity index (χ3n) is 2.98. The number of benzene rings is 1. The fourth-order valence-electron chi connectivity index (χ4n) is 1.81. The summed E-state index contributed by atoms with van der Waals surface area (Å²) in [6.07, 6.45) is 0.886. The molecule has 1 heterocycles. The van der Waals surface area contributed by atoms with Crippen LogP contribution in [0.5, 0.6) is 0 Å². The minimum absolute atomic E-state index is 0.0117. The number of hydrogen-bond acceptors (Lipinski definition) is 4. The van der Waals surface area contributed by atoms with Gasteiger partial charge in [-0.2, -0.15) is 0 Å². The molecule has 0 radical (unpaired) electrons. The van der Waals surface area contributed by atoms with E-state index in [1.807, 2.05) is 0 Å². The highest BCUT2D eigenvalue weighted by Crippen LogP contribution is 2.16. The molecule has 0 saturated heterocycles. The standard InChI is InChI=1S/C15H14F2N2O4/c1-22-13(12-3-2-6-23-12)8-18-14(20)15(21)19-11-5-4-9(16)7-10(11)17/h2-7,13H,8H2,1H3,(H,18,20)(H,19,21). The van der Waals surface area contributed by atoms with Gasteiger partial charge >= 0.3 is 11.8 Å². The molecule has 0 aliphatic rings. The van der Waals surface area contributed by atoms with Gasteiger partial charge < -0.3 is 19.8 Å². The molecule has 1 atom stereocenters. The van der Waals surface area contributed by atoms with Gasteiger partial charge in [0.05, 0.1) is 18.5 Å². The Labute approximate surface area is 130 Å². The first-order valence-corrected chi connectivity index (χ1v) is 6.61. The van der Waals surface area contributed by atoms with Gasteiger partial charge in [0.15, 0.2) is 0 Å². The van der Waals surface area contributed by atoms with Gasteiger partial charge in [-0.05, 0) is 24.3 Å². The van der Waals surface area contributed by atoms with Crippen molar-refractivity contribution in [3.63, 3.8) is 0 Å². The van der Waals surface area contributed by atoms with E-state index in [0.717, 1.165) is 12.1 Å². The van der Waals surface area contributed by atoms with Gasteiger partial charge in [0, 0.05) is 13.2 Å². The Morgan fingerprint density at radius 2 is 2.04 bits per heavy atom. The lowest BCUT2D eigenvalue weighted by molar-refractivity contribution is -0.136. The number of furan rings is 1. The monoisotopic (exact) mass is 324 g/mol. The predicted octanol–water partition coefficient (Wildman–Crippen LogP) is 2.00. The van der Waals surface area contributed by atoms with Crippen LogP contribution in [0, 0.1) is 11.6 Å². The van der Waals surface area contributed by atoms with Crippen molar-refractivity contribution in [3.8, 4) is 0 Å². The third kappa shape index (κ3) is 4.36. The van der Waals surface area contributed by atoms with Crippen LogP contribution < -0.4 is 10.6 Å². The van der Waals surface area contributed by atoms with Crippen molar-refractivity contribution in [2.24, 2.45) is 0 Å². The highest BCUT2D eigenvalue weighted by molar-refractivity contribution is 6.39. The average Bonchev–Trinajstić information content (AvgIpc) is 3.04. The lowest BCUT2D eigenvalue weighted by Crippen LogP contribution is -2.38. The molecule has 6 nitrogen and oxygen atoms in total. The van der Waals surface area contributed by atoms with E-state index in [2.05, 4.69) is 10.6 Å². The molecule has 2 N–H and O–H groups in total. The lowest BCUT2D eigenvalue weighted by Gasteiger charge is -2.13. The van der Waals surface area contributed by atoms with E-state index in [9.17, 15) is 18.4 Å². The molecule has 0 bridgehead atoms. The summed E-state index contributed by atoms with van der Waals surface area (Å²) >= 11 is 0. The molecule has 1 aromatic heterocycles. The first kappa shape index (κ1) is 16.6. The zero-order valence-electron chi connectivity index (χ0n) is 12.1. The number of hydrogen-bond donors (Lipinski definition) is 2. The van der Waals surface area contributed by atoms with Gasteiger partial charge in [0.2, 0.25) is 0 Å². The second-order valence-corrected chi connectivity index (χ2v) is 4.53. The number of halogens is 2. The van der Waals surface area contributed by atoms with Gasteiger partial charge in [0.1, 0.15) is 23.5 Å². The Balaban J connectivity index is 1.91. The summed E-state index contributed by atoms with van der Waals surface area (Å²) in [5.74, 6) is -3.34. The van der Waals surface area contributed by atoms with Crippen molar-refractivity contribution in [1.29, 1.82) is 0 Å². The number of methoxy groups -OCH3 is 1. The van der Waals surface area contributed by atoms with E-state index >= 15 is 0 Å². The van der Waals surface area contributed by atoms with Crippen LogP contribution >= 0.6 is 0 Å². The van der Waals surface area contributed by atoms with Crippen LogP contribution in [0.25, 0.3) is 0 Å². The first-order chi connectivity index (χ1) is 11.0. The van der Waals surface area contributed by atoms with Crippen molar-refractivity contribution in [2.75, 3.05) is 19.0 Å². The second kappa shape index (κ2) is 7.50. The Morgan fingerprint density at radius 1 is 1.26 bits per heavy atom. The maximum atomic E-state index is 13.4. The van der Waals surface area contributed by atoms with E-state index in [1.54, 1.807) is 12.1 Å². The van der Waals surface area contributed by atoms with Crippen LogP contribution in [0.2, 0.25) is 0 Å². The highest BCUT2D eigenvalue weighted by atomic mass is 19.1. The molecular weight excluding hydrogens is 310 g/mol. The Bertz CT molecular complexity index is 689. The van der Waals surface area contributed by atoms with E-state index in [1.165, 1.54) is 13.4 Å². The van der Waals surface area contributed by atoms with Gasteiger partial charge in [-0.1, -0.05) is 0 Å². The molecule has 0 spiro atoms. The molecule has 1 aromatic carbocycles. The number of anilines is 1. The van der Waals surface area contributed by atoms with Crippen LogP contribution in [0.15, 0.2) is 41.0 Å². The zero-order valence-corrected chi connectivity index (χ0v) is 12.1. The first-order valence-electron chi connectivity index (χ1n) is 6.61. The van der Waals surface area contributed by atoms with Crippen LogP contribution in [-0.2, 0) is 14.3 Å². The number of carbonyl (C=O) groups is 2. The Hall–Kier alpha value is -2.74. The fourth-order valence-corrected chi connectivity index (χ4v) is 1.81. The molecular formula is C15H14F2N2O4. The van der Waals surface area contributed by atoms with Crippen molar-refractivity contribution >= 4 is 17.5 Å². The van der Waals surface area contributed by atoms with Crippen LogP contribution in [0.1, 0.15) is 11.9 Å². The van der Waals surface area contributed by atoms with Crippen LogP contribution in [0.4, 0.5) is 14.5 Å². The van der Waals surface area contributed by atoms with Crippen molar-refractivity contribution in [3.05, 3.63) is 54.0 Å². The summed E-state index contributed by atoms with van der Waals surface area (Å²) in [6.45, 7) is -0.0117. The smallest absolute Gasteiger partial charge is 0.313 e. The second-order valence-electron chi connectivity index (χ2n) is 4.53. The fraction of sp³-hybridized carbons (Fsp3) is 0.200. The summed E-state index contributed by atoms with van der Waals surface area (Å²) in [4.78, 5) is 23.4. The van der Waals surface area contributed by atoms with E-state index in [4.69, 9.17) is 9.15 Å². The van der Waals surface area contributed by atoms with Crippen molar-refractivity contribution in [1.82, 2.24) is 5.32 Å².